The van der Waals surface area contributed by atoms with E-state index in [2.05, 4.69) is 53.5 Å². The lowest BCUT2D eigenvalue weighted by Crippen LogP contribution is -2.47. The number of likely N-dealkylation sites (N-methyl/N-ethyl adjacent to an activating group) is 2. The van der Waals surface area contributed by atoms with Crippen molar-refractivity contribution < 1.29 is 0 Å². The molecular weight excluding hydrogens is 236 g/mol. The molecular formula is C12H20N2S2. The average Bonchev–Trinajstić information content (AvgIpc) is 2.80. The number of nitrogens with zero attached hydrogens (tertiary/aromatic N) is 1. The molecule has 4 heteroatoms. The van der Waals surface area contributed by atoms with E-state index in [-0.39, 0.29) is 0 Å². The van der Waals surface area contributed by atoms with Crippen molar-refractivity contribution in [3.63, 3.8) is 0 Å². The quantitative estimate of drug-likeness (QED) is 0.891. The number of thiophene rings is 1. The van der Waals surface area contributed by atoms with E-state index < -0.39 is 0 Å². The highest BCUT2D eigenvalue weighted by Crippen LogP contribution is 2.29. The second-order valence-electron chi connectivity index (χ2n) is 4.17. The van der Waals surface area contributed by atoms with Crippen molar-refractivity contribution in [2.75, 3.05) is 31.6 Å². The summed E-state index contributed by atoms with van der Waals surface area (Å²) in [5.74, 6) is 2.52. The Morgan fingerprint density at radius 3 is 3.12 bits per heavy atom. The van der Waals surface area contributed by atoms with Gasteiger partial charge in [0.05, 0.1) is 6.04 Å². The Morgan fingerprint density at radius 2 is 2.50 bits per heavy atom. The molecule has 0 bridgehead atoms. The fourth-order valence-electron chi connectivity index (χ4n) is 2.17. The molecule has 90 valence electrons. The summed E-state index contributed by atoms with van der Waals surface area (Å²) in [5.41, 5.74) is 0. The van der Waals surface area contributed by atoms with Gasteiger partial charge < -0.3 is 5.32 Å². The predicted octanol–water partition coefficient (Wildman–Crippen LogP) is 2.45. The van der Waals surface area contributed by atoms with E-state index in [1.165, 1.54) is 22.9 Å². The fourth-order valence-corrected chi connectivity index (χ4v) is 4.30. The summed E-state index contributed by atoms with van der Waals surface area (Å²) >= 11 is 3.95. The van der Waals surface area contributed by atoms with E-state index >= 15 is 0 Å². The molecule has 2 nitrogen and oxygen atoms in total. The smallest absolute Gasteiger partial charge is 0.0580 e. The maximum atomic E-state index is 3.64. The van der Waals surface area contributed by atoms with E-state index in [0.717, 1.165) is 6.54 Å². The van der Waals surface area contributed by atoms with E-state index in [4.69, 9.17) is 0 Å². The first-order valence-corrected chi connectivity index (χ1v) is 7.91. The number of rotatable bonds is 4. The SMILES string of the molecule is CCNC(c1cccs1)C1CSCCN1C. The van der Waals surface area contributed by atoms with Gasteiger partial charge in [-0.3, -0.25) is 4.90 Å². The monoisotopic (exact) mass is 256 g/mol. The molecule has 1 aromatic heterocycles. The predicted molar refractivity (Wildman–Crippen MR) is 74.5 cm³/mol. The lowest BCUT2D eigenvalue weighted by Gasteiger charge is -2.37. The van der Waals surface area contributed by atoms with Gasteiger partial charge in [0.1, 0.15) is 0 Å². The first-order chi connectivity index (χ1) is 7.83. The topological polar surface area (TPSA) is 15.3 Å². The Morgan fingerprint density at radius 1 is 1.62 bits per heavy atom. The molecule has 1 aliphatic rings. The van der Waals surface area contributed by atoms with Crippen molar-refractivity contribution in [2.45, 2.75) is 19.0 Å². The highest BCUT2D eigenvalue weighted by Gasteiger charge is 2.28. The minimum atomic E-state index is 0.503. The van der Waals surface area contributed by atoms with Crippen LogP contribution in [-0.4, -0.2) is 42.6 Å². The van der Waals surface area contributed by atoms with E-state index in [0.29, 0.717) is 12.1 Å². The molecule has 0 saturated carbocycles. The van der Waals surface area contributed by atoms with Crippen LogP contribution < -0.4 is 5.32 Å². The molecule has 0 aliphatic carbocycles. The molecule has 1 saturated heterocycles. The van der Waals surface area contributed by atoms with Crippen LogP contribution in [0.15, 0.2) is 17.5 Å². The third kappa shape index (κ3) is 2.80. The Hall–Kier alpha value is -0.0300. The third-order valence-corrected chi connectivity index (χ3v) is 5.11. The molecule has 1 aromatic rings. The highest BCUT2D eigenvalue weighted by atomic mass is 32.2. The molecule has 1 N–H and O–H groups in total. The van der Waals surface area contributed by atoms with Gasteiger partial charge in [-0.2, -0.15) is 11.8 Å². The molecule has 2 atom stereocenters. The lowest BCUT2D eigenvalue weighted by atomic mass is 10.1. The standard InChI is InChI=1S/C12H20N2S2/c1-3-13-12(11-5-4-7-16-11)10-9-15-8-6-14(10)2/h4-5,7,10,12-13H,3,6,8-9H2,1-2H3. The van der Waals surface area contributed by atoms with E-state index in [1.54, 1.807) is 0 Å². The van der Waals surface area contributed by atoms with Gasteiger partial charge in [-0.1, -0.05) is 13.0 Å². The maximum Gasteiger partial charge on any atom is 0.0580 e. The molecule has 1 fully saturated rings. The molecule has 0 radical (unpaired) electrons. The van der Waals surface area contributed by atoms with Gasteiger partial charge in [0.2, 0.25) is 0 Å². The fraction of sp³-hybridized carbons (Fsp3) is 0.667. The summed E-state index contributed by atoms with van der Waals surface area (Å²) < 4.78 is 0. The normalized spacial score (nSPS) is 24.5. The van der Waals surface area contributed by atoms with Crippen LogP contribution in [0, 0.1) is 0 Å². The highest BCUT2D eigenvalue weighted by molar-refractivity contribution is 7.99. The van der Waals surface area contributed by atoms with Gasteiger partial charge in [-0.05, 0) is 25.0 Å². The minimum Gasteiger partial charge on any atom is -0.308 e. The number of nitrogens with one attached hydrogen (secondary N) is 1. The summed E-state index contributed by atoms with van der Waals surface area (Å²) in [7, 11) is 2.25. The van der Waals surface area contributed by atoms with Crippen LogP contribution in [0.4, 0.5) is 0 Å². The summed E-state index contributed by atoms with van der Waals surface area (Å²) in [6, 6.07) is 5.55. The van der Waals surface area contributed by atoms with Crippen LogP contribution in [0.5, 0.6) is 0 Å². The number of thioether (sulfide) groups is 1. The molecule has 2 rings (SSSR count). The van der Waals surface area contributed by atoms with Crippen LogP contribution in [-0.2, 0) is 0 Å². The third-order valence-electron chi connectivity index (χ3n) is 3.10. The van der Waals surface area contributed by atoms with Crippen LogP contribution in [0.2, 0.25) is 0 Å². The van der Waals surface area contributed by atoms with Gasteiger partial charge in [0, 0.05) is 29.0 Å². The molecule has 1 aliphatic heterocycles. The Labute approximate surface area is 106 Å². The van der Waals surface area contributed by atoms with Crippen molar-refractivity contribution >= 4 is 23.1 Å². The van der Waals surface area contributed by atoms with Crippen molar-refractivity contribution in [2.24, 2.45) is 0 Å². The van der Waals surface area contributed by atoms with Gasteiger partial charge >= 0.3 is 0 Å². The van der Waals surface area contributed by atoms with E-state index in [9.17, 15) is 0 Å². The van der Waals surface area contributed by atoms with Crippen LogP contribution in [0.25, 0.3) is 0 Å². The minimum absolute atomic E-state index is 0.503. The zero-order valence-corrected chi connectivity index (χ0v) is 11.6. The van der Waals surface area contributed by atoms with Gasteiger partial charge in [0.15, 0.2) is 0 Å². The summed E-state index contributed by atoms with van der Waals surface area (Å²) in [4.78, 5) is 3.98. The Balaban J connectivity index is 2.11. The average molecular weight is 256 g/mol. The van der Waals surface area contributed by atoms with Crippen LogP contribution in [0.1, 0.15) is 17.8 Å². The summed E-state index contributed by atoms with van der Waals surface area (Å²) in [6.45, 7) is 4.44. The molecule has 2 unspecified atom stereocenters. The molecule has 0 spiro atoms. The van der Waals surface area contributed by atoms with Gasteiger partial charge in [0.25, 0.3) is 0 Å². The first-order valence-electron chi connectivity index (χ1n) is 5.87. The zero-order valence-electron chi connectivity index (χ0n) is 9.98. The molecule has 2 heterocycles. The number of hydrogen-bond acceptors (Lipinski definition) is 4. The maximum absolute atomic E-state index is 3.64. The summed E-state index contributed by atoms with van der Waals surface area (Å²) in [6.07, 6.45) is 0. The van der Waals surface area contributed by atoms with Crippen molar-refractivity contribution in [1.29, 1.82) is 0 Å². The molecule has 0 aromatic carbocycles. The van der Waals surface area contributed by atoms with Crippen molar-refractivity contribution in [3.05, 3.63) is 22.4 Å². The second-order valence-corrected chi connectivity index (χ2v) is 6.30. The number of hydrogen-bond donors (Lipinski definition) is 1. The Bertz CT molecular complexity index is 300. The van der Waals surface area contributed by atoms with Gasteiger partial charge in [-0.25, -0.2) is 0 Å². The molecule has 0 amide bonds. The lowest BCUT2D eigenvalue weighted by molar-refractivity contribution is 0.219. The largest absolute Gasteiger partial charge is 0.308 e. The Kier molecular flexibility index (Phi) is 4.70. The van der Waals surface area contributed by atoms with Crippen LogP contribution >= 0.6 is 23.1 Å². The van der Waals surface area contributed by atoms with Crippen LogP contribution in [0.3, 0.4) is 0 Å². The van der Waals surface area contributed by atoms with Crippen molar-refractivity contribution in [1.82, 2.24) is 10.2 Å². The summed E-state index contributed by atoms with van der Waals surface area (Å²) in [5, 5.41) is 5.82. The molecule has 16 heavy (non-hydrogen) atoms. The van der Waals surface area contributed by atoms with E-state index in [1.807, 2.05) is 11.3 Å². The second kappa shape index (κ2) is 6.05. The first kappa shape index (κ1) is 12.4. The van der Waals surface area contributed by atoms with Crippen molar-refractivity contribution in [3.8, 4) is 0 Å². The zero-order chi connectivity index (χ0) is 11.4. The van der Waals surface area contributed by atoms with Gasteiger partial charge in [-0.15, -0.1) is 11.3 Å².